The fraction of sp³-hybridized carbons (Fsp3) is 0.462. The van der Waals surface area contributed by atoms with E-state index in [1.54, 1.807) is 12.1 Å². The highest BCUT2D eigenvalue weighted by Crippen LogP contribution is 2.29. The van der Waals surface area contributed by atoms with E-state index in [1.165, 1.54) is 0 Å². The van der Waals surface area contributed by atoms with Crippen LogP contribution in [0.2, 0.25) is 10.0 Å². The Kier molecular flexibility index (Phi) is 4.65. The number of rotatable bonds is 2. The van der Waals surface area contributed by atoms with Crippen LogP contribution in [0.15, 0.2) is 12.1 Å². The molecule has 1 aromatic rings. The molecule has 1 amide bonds. The summed E-state index contributed by atoms with van der Waals surface area (Å²) in [7, 11) is 0. The Morgan fingerprint density at radius 1 is 1.28 bits per heavy atom. The summed E-state index contributed by atoms with van der Waals surface area (Å²) in [6.45, 7) is 7.56. The molecule has 100 valence electrons. The van der Waals surface area contributed by atoms with Crippen LogP contribution in [-0.2, 0) is 4.79 Å². The van der Waals surface area contributed by atoms with E-state index in [2.05, 4.69) is 5.32 Å². The Bertz CT molecular complexity index is 467. The van der Waals surface area contributed by atoms with Gasteiger partial charge in [-0.1, -0.05) is 44.0 Å². The van der Waals surface area contributed by atoms with E-state index < -0.39 is 6.04 Å². The van der Waals surface area contributed by atoms with Gasteiger partial charge in [-0.3, -0.25) is 4.79 Å². The smallest absolute Gasteiger partial charge is 0.241 e. The molecule has 0 bridgehead atoms. The quantitative estimate of drug-likeness (QED) is 0.873. The zero-order valence-electron chi connectivity index (χ0n) is 11.0. The standard InChI is InChI=1S/C13H18Cl2N2O/c1-7-5-9(15)10(6-8(7)14)17-12(18)11(16)13(2,3)4/h5-6,11H,16H2,1-4H3,(H,17,18). The number of amides is 1. The van der Waals surface area contributed by atoms with E-state index >= 15 is 0 Å². The number of nitrogens with two attached hydrogens (primary N) is 1. The third-order valence-electron chi connectivity index (χ3n) is 2.72. The van der Waals surface area contributed by atoms with Crippen molar-refractivity contribution in [3.63, 3.8) is 0 Å². The summed E-state index contributed by atoms with van der Waals surface area (Å²) in [6.07, 6.45) is 0. The molecule has 18 heavy (non-hydrogen) atoms. The van der Waals surface area contributed by atoms with Crippen molar-refractivity contribution in [3.8, 4) is 0 Å². The van der Waals surface area contributed by atoms with Crippen molar-refractivity contribution < 1.29 is 4.79 Å². The molecule has 0 radical (unpaired) electrons. The molecule has 3 nitrogen and oxygen atoms in total. The molecule has 0 aromatic heterocycles. The van der Waals surface area contributed by atoms with Gasteiger partial charge in [0.05, 0.1) is 16.8 Å². The lowest BCUT2D eigenvalue weighted by molar-refractivity contribution is -0.119. The van der Waals surface area contributed by atoms with Gasteiger partial charge in [0, 0.05) is 5.02 Å². The van der Waals surface area contributed by atoms with Crippen LogP contribution in [0.4, 0.5) is 5.69 Å². The van der Waals surface area contributed by atoms with Gasteiger partial charge in [-0.25, -0.2) is 0 Å². The van der Waals surface area contributed by atoms with Crippen molar-refractivity contribution in [2.24, 2.45) is 11.1 Å². The summed E-state index contributed by atoms with van der Waals surface area (Å²) >= 11 is 12.0. The molecule has 1 aromatic carbocycles. The van der Waals surface area contributed by atoms with Gasteiger partial charge in [0.15, 0.2) is 0 Å². The van der Waals surface area contributed by atoms with Crippen LogP contribution in [0.3, 0.4) is 0 Å². The zero-order valence-corrected chi connectivity index (χ0v) is 12.5. The van der Waals surface area contributed by atoms with E-state index in [9.17, 15) is 4.79 Å². The highest BCUT2D eigenvalue weighted by molar-refractivity contribution is 6.36. The molecule has 3 N–H and O–H groups in total. The summed E-state index contributed by atoms with van der Waals surface area (Å²) in [5.74, 6) is -0.274. The predicted molar refractivity (Wildman–Crippen MR) is 77.3 cm³/mol. The summed E-state index contributed by atoms with van der Waals surface area (Å²) in [6, 6.07) is 2.72. The van der Waals surface area contributed by atoms with Gasteiger partial charge >= 0.3 is 0 Å². The zero-order chi connectivity index (χ0) is 14.1. The van der Waals surface area contributed by atoms with Gasteiger partial charge in [0.25, 0.3) is 0 Å². The van der Waals surface area contributed by atoms with Gasteiger partial charge in [-0.05, 0) is 30.0 Å². The molecule has 0 aliphatic carbocycles. The fourth-order valence-corrected chi connectivity index (χ4v) is 1.77. The summed E-state index contributed by atoms with van der Waals surface area (Å²) in [5, 5.41) is 3.71. The molecule has 1 atom stereocenters. The minimum Gasteiger partial charge on any atom is -0.323 e. The lowest BCUT2D eigenvalue weighted by atomic mass is 9.87. The topological polar surface area (TPSA) is 55.1 Å². The van der Waals surface area contributed by atoms with E-state index in [4.69, 9.17) is 28.9 Å². The first kappa shape index (κ1) is 15.3. The van der Waals surface area contributed by atoms with Crippen molar-refractivity contribution in [1.82, 2.24) is 0 Å². The molecule has 1 unspecified atom stereocenters. The van der Waals surface area contributed by atoms with Gasteiger partial charge in [0.1, 0.15) is 0 Å². The molecule has 0 spiro atoms. The molecular weight excluding hydrogens is 271 g/mol. The summed E-state index contributed by atoms with van der Waals surface area (Å²) in [5.41, 5.74) is 6.90. The van der Waals surface area contributed by atoms with Gasteiger partial charge in [0.2, 0.25) is 5.91 Å². The normalized spacial score (nSPS) is 13.3. The molecule has 5 heteroatoms. The van der Waals surface area contributed by atoms with Crippen LogP contribution < -0.4 is 11.1 Å². The monoisotopic (exact) mass is 288 g/mol. The Morgan fingerprint density at radius 3 is 2.33 bits per heavy atom. The first-order valence-electron chi connectivity index (χ1n) is 5.65. The molecule has 0 heterocycles. The van der Waals surface area contributed by atoms with Crippen LogP contribution in [0.25, 0.3) is 0 Å². The van der Waals surface area contributed by atoms with E-state index in [-0.39, 0.29) is 11.3 Å². The predicted octanol–water partition coefficient (Wildman–Crippen LogP) is 3.61. The minimum absolute atomic E-state index is 0.274. The molecule has 1 rings (SSSR count). The van der Waals surface area contributed by atoms with Crippen molar-refractivity contribution in [2.45, 2.75) is 33.7 Å². The molecule has 0 fully saturated rings. The van der Waals surface area contributed by atoms with Crippen LogP contribution in [0.5, 0.6) is 0 Å². The maximum Gasteiger partial charge on any atom is 0.241 e. The highest BCUT2D eigenvalue weighted by Gasteiger charge is 2.27. The number of carbonyl (C=O) groups excluding carboxylic acids is 1. The Labute approximate surface area is 118 Å². The Balaban J connectivity index is 2.92. The SMILES string of the molecule is Cc1cc(Cl)c(NC(=O)C(N)C(C)(C)C)cc1Cl. The fourth-order valence-electron chi connectivity index (χ4n) is 1.35. The third-order valence-corrected chi connectivity index (χ3v) is 3.44. The molecule has 0 aliphatic heterocycles. The van der Waals surface area contributed by atoms with Crippen molar-refractivity contribution in [3.05, 3.63) is 27.7 Å². The number of aryl methyl sites for hydroxylation is 1. The lowest BCUT2D eigenvalue weighted by Crippen LogP contribution is -2.45. The van der Waals surface area contributed by atoms with Gasteiger partial charge in [-0.15, -0.1) is 0 Å². The minimum atomic E-state index is -0.617. The summed E-state index contributed by atoms with van der Waals surface area (Å²) < 4.78 is 0. The van der Waals surface area contributed by atoms with E-state index in [1.807, 2.05) is 27.7 Å². The highest BCUT2D eigenvalue weighted by atomic mass is 35.5. The van der Waals surface area contributed by atoms with E-state index in [0.717, 1.165) is 5.56 Å². The van der Waals surface area contributed by atoms with Gasteiger partial charge < -0.3 is 11.1 Å². The average Bonchev–Trinajstić information content (AvgIpc) is 2.23. The number of hydrogen-bond acceptors (Lipinski definition) is 2. The van der Waals surface area contributed by atoms with Crippen molar-refractivity contribution >= 4 is 34.8 Å². The number of hydrogen-bond donors (Lipinski definition) is 2. The second kappa shape index (κ2) is 5.47. The number of nitrogens with one attached hydrogen (secondary N) is 1. The Morgan fingerprint density at radius 2 is 1.83 bits per heavy atom. The van der Waals surface area contributed by atoms with Crippen molar-refractivity contribution in [2.75, 3.05) is 5.32 Å². The third kappa shape index (κ3) is 3.61. The first-order valence-corrected chi connectivity index (χ1v) is 6.40. The number of benzene rings is 1. The maximum atomic E-state index is 12.0. The lowest BCUT2D eigenvalue weighted by Gasteiger charge is -2.26. The van der Waals surface area contributed by atoms with E-state index in [0.29, 0.717) is 15.7 Å². The van der Waals surface area contributed by atoms with Crippen molar-refractivity contribution in [1.29, 1.82) is 0 Å². The molecule has 0 saturated heterocycles. The Hall–Kier alpha value is -0.770. The molecule has 0 aliphatic rings. The average molecular weight is 289 g/mol. The summed E-state index contributed by atoms with van der Waals surface area (Å²) in [4.78, 5) is 12.0. The van der Waals surface area contributed by atoms with Crippen LogP contribution >= 0.6 is 23.2 Å². The number of anilines is 1. The second-order valence-corrected chi connectivity index (χ2v) is 6.23. The van der Waals surface area contributed by atoms with Gasteiger partial charge in [-0.2, -0.15) is 0 Å². The second-order valence-electron chi connectivity index (χ2n) is 5.41. The number of halogens is 2. The molecular formula is C13H18Cl2N2O. The largest absolute Gasteiger partial charge is 0.323 e. The van der Waals surface area contributed by atoms with Crippen LogP contribution in [-0.4, -0.2) is 11.9 Å². The number of carbonyl (C=O) groups is 1. The van der Waals surface area contributed by atoms with Crippen LogP contribution in [0, 0.1) is 12.3 Å². The maximum absolute atomic E-state index is 12.0. The molecule has 0 saturated carbocycles. The first-order chi connectivity index (χ1) is 8.12. The van der Waals surface area contributed by atoms with Crippen LogP contribution in [0.1, 0.15) is 26.3 Å².